The van der Waals surface area contributed by atoms with Gasteiger partial charge >= 0.3 is 0 Å². The molecule has 0 aliphatic rings. The highest BCUT2D eigenvalue weighted by Crippen LogP contribution is 2.22. The minimum Gasteiger partial charge on any atom is -0.314 e. The van der Waals surface area contributed by atoms with E-state index >= 15 is 0 Å². The SMILES string of the molecule is CC(C)NCC(Cc1cccs1)Cc1ccccc1Cl. The third-order valence-electron chi connectivity index (χ3n) is 3.35. The molecule has 1 aromatic heterocycles. The highest BCUT2D eigenvalue weighted by atomic mass is 35.5. The molecule has 0 radical (unpaired) electrons. The van der Waals surface area contributed by atoms with Gasteiger partial charge in [0.15, 0.2) is 0 Å². The van der Waals surface area contributed by atoms with Crippen LogP contribution in [0.5, 0.6) is 0 Å². The first-order chi connectivity index (χ1) is 9.65. The molecular weight excluding hydrogens is 286 g/mol. The molecule has 0 bridgehead atoms. The number of nitrogens with one attached hydrogen (secondary N) is 1. The van der Waals surface area contributed by atoms with E-state index in [2.05, 4.69) is 48.8 Å². The summed E-state index contributed by atoms with van der Waals surface area (Å²) in [6.45, 7) is 5.41. The molecule has 1 aromatic carbocycles. The predicted molar refractivity (Wildman–Crippen MR) is 89.8 cm³/mol. The Balaban J connectivity index is 2.03. The lowest BCUT2D eigenvalue weighted by Gasteiger charge is -2.19. The number of hydrogen-bond donors (Lipinski definition) is 1. The van der Waals surface area contributed by atoms with Crippen LogP contribution in [0.4, 0.5) is 0 Å². The standard InChI is InChI=1S/C17H22ClNS/c1-13(2)19-12-14(11-16-7-5-9-20-16)10-15-6-3-4-8-17(15)18/h3-9,13-14,19H,10-12H2,1-2H3. The maximum atomic E-state index is 6.30. The maximum Gasteiger partial charge on any atom is 0.0438 e. The largest absolute Gasteiger partial charge is 0.314 e. The van der Waals surface area contributed by atoms with Crippen LogP contribution in [0.15, 0.2) is 41.8 Å². The smallest absolute Gasteiger partial charge is 0.0438 e. The second kappa shape index (κ2) is 7.82. The molecule has 0 saturated heterocycles. The first kappa shape index (κ1) is 15.6. The van der Waals surface area contributed by atoms with Gasteiger partial charge in [-0.15, -0.1) is 11.3 Å². The van der Waals surface area contributed by atoms with Crippen molar-refractivity contribution in [3.8, 4) is 0 Å². The van der Waals surface area contributed by atoms with Crippen LogP contribution in [-0.2, 0) is 12.8 Å². The summed E-state index contributed by atoms with van der Waals surface area (Å²) >= 11 is 8.13. The van der Waals surface area contributed by atoms with Gasteiger partial charge < -0.3 is 5.32 Å². The summed E-state index contributed by atoms with van der Waals surface area (Å²) in [7, 11) is 0. The van der Waals surface area contributed by atoms with Crippen LogP contribution < -0.4 is 5.32 Å². The van der Waals surface area contributed by atoms with Crippen LogP contribution in [0.1, 0.15) is 24.3 Å². The molecule has 0 fully saturated rings. The number of hydrogen-bond acceptors (Lipinski definition) is 2. The van der Waals surface area contributed by atoms with Crippen LogP contribution >= 0.6 is 22.9 Å². The molecule has 0 aliphatic heterocycles. The van der Waals surface area contributed by atoms with Gasteiger partial charge in [0, 0.05) is 15.9 Å². The van der Waals surface area contributed by atoms with Gasteiger partial charge in [-0.1, -0.05) is 49.7 Å². The van der Waals surface area contributed by atoms with Crippen LogP contribution in [0.25, 0.3) is 0 Å². The normalized spacial score (nSPS) is 12.8. The zero-order chi connectivity index (χ0) is 14.4. The minimum atomic E-state index is 0.520. The Kier molecular flexibility index (Phi) is 6.08. The van der Waals surface area contributed by atoms with E-state index in [4.69, 9.17) is 11.6 Å². The Bertz CT molecular complexity index is 507. The predicted octanol–water partition coefficient (Wildman–Crippen LogP) is 4.80. The van der Waals surface area contributed by atoms with E-state index in [0.717, 1.165) is 24.4 Å². The second-order valence-corrected chi connectivity index (χ2v) is 6.95. The van der Waals surface area contributed by atoms with E-state index in [9.17, 15) is 0 Å². The molecule has 1 unspecified atom stereocenters. The van der Waals surface area contributed by atoms with Crippen molar-refractivity contribution in [1.29, 1.82) is 0 Å². The zero-order valence-corrected chi connectivity index (χ0v) is 13.7. The molecule has 0 amide bonds. The summed E-state index contributed by atoms with van der Waals surface area (Å²) in [5.74, 6) is 0.580. The first-order valence-electron chi connectivity index (χ1n) is 7.14. The number of rotatable bonds is 7. The quantitative estimate of drug-likeness (QED) is 0.774. The molecule has 1 nitrogen and oxygen atoms in total. The van der Waals surface area contributed by atoms with Gasteiger partial charge in [0.1, 0.15) is 0 Å². The molecule has 1 heterocycles. The average molecular weight is 308 g/mol. The fraction of sp³-hybridized carbons (Fsp3) is 0.412. The molecule has 20 heavy (non-hydrogen) atoms. The van der Waals surface area contributed by atoms with E-state index in [1.807, 2.05) is 23.5 Å². The number of benzene rings is 1. The van der Waals surface area contributed by atoms with Gasteiger partial charge in [0.05, 0.1) is 0 Å². The Morgan fingerprint density at radius 3 is 2.55 bits per heavy atom. The van der Waals surface area contributed by atoms with Gasteiger partial charge in [0.25, 0.3) is 0 Å². The van der Waals surface area contributed by atoms with Crippen molar-refractivity contribution in [3.05, 3.63) is 57.2 Å². The van der Waals surface area contributed by atoms with Crippen LogP contribution in [0.2, 0.25) is 5.02 Å². The molecule has 2 aromatic rings. The summed E-state index contributed by atoms with van der Waals surface area (Å²) in [5.41, 5.74) is 1.25. The molecule has 0 saturated carbocycles. The Morgan fingerprint density at radius 2 is 1.90 bits per heavy atom. The summed E-state index contributed by atoms with van der Waals surface area (Å²) in [5, 5.41) is 6.59. The first-order valence-corrected chi connectivity index (χ1v) is 8.40. The van der Waals surface area contributed by atoms with E-state index in [1.54, 1.807) is 0 Å². The fourth-order valence-electron chi connectivity index (χ4n) is 2.31. The van der Waals surface area contributed by atoms with Gasteiger partial charge in [-0.25, -0.2) is 0 Å². The highest BCUT2D eigenvalue weighted by molar-refractivity contribution is 7.09. The maximum absolute atomic E-state index is 6.30. The summed E-state index contributed by atoms with van der Waals surface area (Å²) < 4.78 is 0. The Labute approximate surface area is 131 Å². The minimum absolute atomic E-state index is 0.520. The number of halogens is 1. The fourth-order valence-corrected chi connectivity index (χ4v) is 3.34. The average Bonchev–Trinajstić information content (AvgIpc) is 2.91. The van der Waals surface area contributed by atoms with Crippen molar-refractivity contribution < 1.29 is 0 Å². The Morgan fingerprint density at radius 1 is 1.10 bits per heavy atom. The van der Waals surface area contributed by atoms with Crippen LogP contribution in [0.3, 0.4) is 0 Å². The van der Waals surface area contributed by atoms with Crippen LogP contribution in [-0.4, -0.2) is 12.6 Å². The van der Waals surface area contributed by atoms with E-state index in [0.29, 0.717) is 12.0 Å². The number of thiophene rings is 1. The molecule has 2 rings (SSSR count). The van der Waals surface area contributed by atoms with E-state index in [-0.39, 0.29) is 0 Å². The molecule has 1 atom stereocenters. The summed E-state index contributed by atoms with van der Waals surface area (Å²) in [6, 6.07) is 13.1. The second-order valence-electron chi connectivity index (χ2n) is 5.51. The highest BCUT2D eigenvalue weighted by Gasteiger charge is 2.13. The lowest BCUT2D eigenvalue weighted by atomic mass is 9.95. The zero-order valence-electron chi connectivity index (χ0n) is 12.1. The van der Waals surface area contributed by atoms with Crippen molar-refractivity contribution in [2.75, 3.05) is 6.54 Å². The topological polar surface area (TPSA) is 12.0 Å². The lowest BCUT2D eigenvalue weighted by Crippen LogP contribution is -2.31. The van der Waals surface area contributed by atoms with E-state index < -0.39 is 0 Å². The van der Waals surface area contributed by atoms with Crippen molar-refractivity contribution >= 4 is 22.9 Å². The van der Waals surface area contributed by atoms with Gasteiger partial charge in [0.2, 0.25) is 0 Å². The van der Waals surface area contributed by atoms with Crippen molar-refractivity contribution in [3.63, 3.8) is 0 Å². The molecule has 0 aliphatic carbocycles. The third kappa shape index (κ3) is 4.93. The summed E-state index contributed by atoms with van der Waals surface area (Å²) in [6.07, 6.45) is 2.14. The molecule has 108 valence electrons. The summed E-state index contributed by atoms with van der Waals surface area (Å²) in [4.78, 5) is 1.45. The molecule has 1 N–H and O–H groups in total. The van der Waals surface area contributed by atoms with Gasteiger partial charge in [-0.2, -0.15) is 0 Å². The van der Waals surface area contributed by atoms with Crippen molar-refractivity contribution in [2.24, 2.45) is 5.92 Å². The Hall–Kier alpha value is -0.830. The lowest BCUT2D eigenvalue weighted by molar-refractivity contribution is 0.446. The molecule has 0 spiro atoms. The van der Waals surface area contributed by atoms with Crippen molar-refractivity contribution in [1.82, 2.24) is 5.32 Å². The monoisotopic (exact) mass is 307 g/mol. The third-order valence-corrected chi connectivity index (χ3v) is 4.62. The molecule has 3 heteroatoms. The van der Waals surface area contributed by atoms with Gasteiger partial charge in [-0.05, 0) is 48.4 Å². The van der Waals surface area contributed by atoms with Gasteiger partial charge in [-0.3, -0.25) is 0 Å². The van der Waals surface area contributed by atoms with Crippen LogP contribution in [0, 0.1) is 5.92 Å². The van der Waals surface area contributed by atoms with E-state index in [1.165, 1.54) is 10.4 Å². The van der Waals surface area contributed by atoms with Crippen molar-refractivity contribution in [2.45, 2.75) is 32.7 Å². The molecular formula is C17H22ClNS.